The van der Waals surface area contributed by atoms with Crippen LogP contribution < -0.4 is 0 Å². The molecule has 0 heterocycles. The van der Waals surface area contributed by atoms with E-state index < -0.39 is 0 Å². The van der Waals surface area contributed by atoms with Gasteiger partial charge in [-0.1, -0.05) is 50.3 Å². The van der Waals surface area contributed by atoms with E-state index in [1.807, 2.05) is 0 Å². The van der Waals surface area contributed by atoms with Gasteiger partial charge in [0.1, 0.15) is 0 Å². The molecule has 1 saturated carbocycles. The average molecular weight is 251 g/mol. The minimum atomic E-state index is 0.629. The number of benzene rings is 1. The molecule has 2 rings (SSSR count). The molecule has 0 saturated heterocycles. The zero-order chi connectivity index (χ0) is 12.1. The molecular weight excluding hydrogens is 228 g/mol. The minimum Gasteiger partial charge on any atom is -0.122 e. The van der Waals surface area contributed by atoms with E-state index in [9.17, 15) is 0 Å². The smallest absolute Gasteiger partial charge is 0.0474 e. The molecule has 0 aliphatic heterocycles. The second-order valence-electron chi connectivity index (χ2n) is 5.44. The molecule has 0 aromatic heterocycles. The molecule has 0 unspecified atom stereocenters. The molecule has 0 atom stereocenters. The lowest BCUT2D eigenvalue weighted by atomic mass is 9.85. The van der Waals surface area contributed by atoms with Crippen molar-refractivity contribution < 1.29 is 0 Å². The summed E-state index contributed by atoms with van der Waals surface area (Å²) in [4.78, 5) is 0. The second-order valence-corrected chi connectivity index (χ2v) is 5.70. The predicted octanol–water partition coefficient (Wildman–Crippen LogP) is 5.25. The number of hydrogen-bond acceptors (Lipinski definition) is 0. The number of hydrogen-bond donors (Lipinski definition) is 0. The van der Waals surface area contributed by atoms with Crippen molar-refractivity contribution in [1.82, 2.24) is 0 Å². The van der Waals surface area contributed by atoms with Gasteiger partial charge in [-0.15, -0.1) is 11.6 Å². The normalized spacial score (nSPS) is 17.3. The van der Waals surface area contributed by atoms with Crippen LogP contribution in [0.15, 0.2) is 18.2 Å². The first-order valence-electron chi connectivity index (χ1n) is 6.94. The van der Waals surface area contributed by atoms with E-state index in [0.29, 0.717) is 5.88 Å². The van der Waals surface area contributed by atoms with E-state index in [0.717, 1.165) is 5.92 Å². The highest BCUT2D eigenvalue weighted by Crippen LogP contribution is 2.28. The minimum absolute atomic E-state index is 0.629. The summed E-state index contributed by atoms with van der Waals surface area (Å²) in [7, 11) is 0. The summed E-state index contributed by atoms with van der Waals surface area (Å²) >= 11 is 5.85. The molecule has 1 heteroatoms. The van der Waals surface area contributed by atoms with Gasteiger partial charge in [0.25, 0.3) is 0 Å². The van der Waals surface area contributed by atoms with E-state index in [4.69, 9.17) is 11.6 Å². The summed E-state index contributed by atoms with van der Waals surface area (Å²) in [5.74, 6) is 1.61. The second kappa shape index (κ2) is 6.44. The van der Waals surface area contributed by atoms with Crippen molar-refractivity contribution in [2.45, 2.75) is 57.7 Å². The molecule has 0 spiro atoms. The zero-order valence-corrected chi connectivity index (χ0v) is 11.6. The number of aryl methyl sites for hydroxylation is 2. The summed E-state index contributed by atoms with van der Waals surface area (Å²) in [6.07, 6.45) is 9.90. The lowest BCUT2D eigenvalue weighted by Gasteiger charge is -2.21. The van der Waals surface area contributed by atoms with Crippen LogP contribution in [0.2, 0.25) is 0 Å². The third-order valence-electron chi connectivity index (χ3n) is 4.11. The lowest BCUT2D eigenvalue weighted by Crippen LogP contribution is -2.07. The maximum absolute atomic E-state index is 5.85. The van der Waals surface area contributed by atoms with Gasteiger partial charge in [0, 0.05) is 5.88 Å². The molecule has 0 N–H and O–H groups in total. The van der Waals surface area contributed by atoms with Gasteiger partial charge in [-0.25, -0.2) is 0 Å². The van der Waals surface area contributed by atoms with Crippen molar-refractivity contribution in [2.75, 3.05) is 0 Å². The first-order valence-corrected chi connectivity index (χ1v) is 7.47. The summed E-state index contributed by atoms with van der Waals surface area (Å²) in [6, 6.07) is 6.69. The van der Waals surface area contributed by atoms with Gasteiger partial charge in [0.15, 0.2) is 0 Å². The van der Waals surface area contributed by atoms with Crippen LogP contribution in [0.5, 0.6) is 0 Å². The standard InChI is InChI=1S/C16H23Cl/c1-13-11-15(12-17)8-10-16(13)9-7-14-5-3-2-4-6-14/h8,10-11,14H,2-7,9,12H2,1H3. The van der Waals surface area contributed by atoms with Crippen molar-refractivity contribution in [1.29, 1.82) is 0 Å². The Bertz CT molecular complexity index is 351. The summed E-state index contributed by atoms with van der Waals surface area (Å²) in [6.45, 7) is 2.21. The van der Waals surface area contributed by atoms with Gasteiger partial charge in [0.2, 0.25) is 0 Å². The molecule has 0 amide bonds. The van der Waals surface area contributed by atoms with Crippen LogP contribution in [0.3, 0.4) is 0 Å². The van der Waals surface area contributed by atoms with Crippen LogP contribution in [-0.2, 0) is 12.3 Å². The average Bonchev–Trinajstić information content (AvgIpc) is 2.38. The highest BCUT2D eigenvalue weighted by molar-refractivity contribution is 6.17. The van der Waals surface area contributed by atoms with E-state index in [1.165, 1.54) is 61.6 Å². The Hall–Kier alpha value is -0.490. The Morgan fingerprint density at radius 1 is 1.18 bits per heavy atom. The Balaban J connectivity index is 1.89. The van der Waals surface area contributed by atoms with Gasteiger partial charge >= 0.3 is 0 Å². The Kier molecular flexibility index (Phi) is 4.91. The Morgan fingerprint density at radius 3 is 2.59 bits per heavy atom. The van der Waals surface area contributed by atoms with Gasteiger partial charge in [-0.3, -0.25) is 0 Å². The maximum atomic E-state index is 5.85. The summed E-state index contributed by atoms with van der Waals surface area (Å²) in [5.41, 5.74) is 4.17. The van der Waals surface area contributed by atoms with Gasteiger partial charge in [-0.2, -0.15) is 0 Å². The van der Waals surface area contributed by atoms with E-state index in [-0.39, 0.29) is 0 Å². The topological polar surface area (TPSA) is 0 Å². The van der Waals surface area contributed by atoms with Crippen LogP contribution in [0.25, 0.3) is 0 Å². The molecule has 94 valence electrons. The van der Waals surface area contributed by atoms with E-state index in [1.54, 1.807) is 0 Å². The molecule has 0 bridgehead atoms. The SMILES string of the molecule is Cc1cc(CCl)ccc1CCC1CCCCC1. The van der Waals surface area contributed by atoms with E-state index in [2.05, 4.69) is 25.1 Å². The fraction of sp³-hybridized carbons (Fsp3) is 0.625. The summed E-state index contributed by atoms with van der Waals surface area (Å²) < 4.78 is 0. The third kappa shape index (κ3) is 3.74. The van der Waals surface area contributed by atoms with E-state index >= 15 is 0 Å². The number of halogens is 1. The lowest BCUT2D eigenvalue weighted by molar-refractivity contribution is 0.339. The van der Waals surface area contributed by atoms with Crippen molar-refractivity contribution in [3.05, 3.63) is 34.9 Å². The Morgan fingerprint density at radius 2 is 1.94 bits per heavy atom. The zero-order valence-electron chi connectivity index (χ0n) is 10.8. The van der Waals surface area contributed by atoms with Crippen LogP contribution >= 0.6 is 11.6 Å². The molecule has 1 aliphatic rings. The van der Waals surface area contributed by atoms with Gasteiger partial charge in [-0.05, 0) is 42.4 Å². The first kappa shape index (κ1) is 13.0. The predicted molar refractivity (Wildman–Crippen MR) is 75.6 cm³/mol. The van der Waals surface area contributed by atoms with Crippen LogP contribution in [0, 0.1) is 12.8 Å². The molecule has 1 fully saturated rings. The molecule has 17 heavy (non-hydrogen) atoms. The van der Waals surface area contributed by atoms with Crippen molar-refractivity contribution in [3.63, 3.8) is 0 Å². The van der Waals surface area contributed by atoms with Crippen molar-refractivity contribution in [3.8, 4) is 0 Å². The van der Waals surface area contributed by atoms with Crippen molar-refractivity contribution in [2.24, 2.45) is 5.92 Å². The molecule has 1 aromatic rings. The highest BCUT2D eigenvalue weighted by atomic mass is 35.5. The number of alkyl halides is 1. The molecule has 0 radical (unpaired) electrons. The monoisotopic (exact) mass is 250 g/mol. The number of rotatable bonds is 4. The van der Waals surface area contributed by atoms with Crippen LogP contribution in [0.4, 0.5) is 0 Å². The quantitative estimate of drug-likeness (QED) is 0.641. The largest absolute Gasteiger partial charge is 0.122 e. The van der Waals surface area contributed by atoms with Crippen LogP contribution in [0.1, 0.15) is 55.2 Å². The molecule has 0 nitrogen and oxygen atoms in total. The third-order valence-corrected chi connectivity index (χ3v) is 4.42. The molecular formula is C16H23Cl. The van der Waals surface area contributed by atoms with Crippen molar-refractivity contribution >= 4 is 11.6 Å². The Labute approximate surface area is 110 Å². The maximum Gasteiger partial charge on any atom is 0.0474 e. The summed E-state index contributed by atoms with van der Waals surface area (Å²) in [5, 5.41) is 0. The van der Waals surface area contributed by atoms with Gasteiger partial charge in [0.05, 0.1) is 0 Å². The molecule has 1 aliphatic carbocycles. The molecule has 1 aromatic carbocycles. The van der Waals surface area contributed by atoms with Crippen LogP contribution in [-0.4, -0.2) is 0 Å². The first-order chi connectivity index (χ1) is 8.29. The van der Waals surface area contributed by atoms with Gasteiger partial charge < -0.3 is 0 Å². The highest BCUT2D eigenvalue weighted by Gasteiger charge is 2.13. The fourth-order valence-corrected chi connectivity index (χ4v) is 3.12. The fourth-order valence-electron chi connectivity index (χ4n) is 2.96.